The molecule has 1 heterocycles. The van der Waals surface area contributed by atoms with Crippen LogP contribution in [-0.2, 0) is 11.3 Å². The van der Waals surface area contributed by atoms with Gasteiger partial charge < -0.3 is 14.6 Å². The Morgan fingerprint density at radius 1 is 1.07 bits per heavy atom. The highest BCUT2D eigenvalue weighted by Crippen LogP contribution is 2.12. The molecule has 2 aromatic carbocycles. The maximum absolute atomic E-state index is 12.8. The summed E-state index contributed by atoms with van der Waals surface area (Å²) in [7, 11) is 1.30. The zero-order chi connectivity index (χ0) is 19.4. The van der Waals surface area contributed by atoms with Crippen molar-refractivity contribution < 1.29 is 14.3 Å². The molecule has 3 aromatic rings. The Hall–Kier alpha value is -3.48. The van der Waals surface area contributed by atoms with E-state index in [1.807, 2.05) is 13.0 Å². The number of nitrogens with one attached hydrogen (secondary N) is 1. The van der Waals surface area contributed by atoms with Gasteiger partial charge in [-0.2, -0.15) is 0 Å². The van der Waals surface area contributed by atoms with Crippen LogP contribution >= 0.6 is 0 Å². The molecule has 0 aliphatic rings. The van der Waals surface area contributed by atoms with Crippen molar-refractivity contribution in [3.63, 3.8) is 0 Å². The molecule has 1 aromatic heterocycles. The first-order valence-corrected chi connectivity index (χ1v) is 8.49. The molecule has 0 atom stereocenters. The summed E-state index contributed by atoms with van der Waals surface area (Å²) in [6.07, 6.45) is 0. The number of aromatic nitrogens is 2. The molecular weight excluding hydrogens is 346 g/mol. The number of esters is 1. The van der Waals surface area contributed by atoms with Crippen molar-refractivity contribution in [2.45, 2.75) is 13.5 Å². The number of amides is 1. The van der Waals surface area contributed by atoms with Gasteiger partial charge in [0.15, 0.2) is 0 Å². The van der Waals surface area contributed by atoms with Crippen LogP contribution in [0, 0.1) is 0 Å². The number of benzene rings is 2. The zero-order valence-electron chi connectivity index (χ0n) is 15.1. The number of aromatic amines is 1. The zero-order valence-corrected chi connectivity index (χ0v) is 15.1. The third kappa shape index (κ3) is 3.87. The van der Waals surface area contributed by atoms with E-state index >= 15 is 0 Å². The lowest BCUT2D eigenvalue weighted by Crippen LogP contribution is -2.32. The minimum Gasteiger partial charge on any atom is -0.465 e. The molecule has 0 spiro atoms. The summed E-state index contributed by atoms with van der Waals surface area (Å²) in [5.74, 6) is -0.260. The highest BCUT2D eigenvalue weighted by atomic mass is 16.5. The number of hydrogen-bond donors (Lipinski definition) is 1. The van der Waals surface area contributed by atoms with Gasteiger partial charge in [0.25, 0.3) is 11.5 Å². The number of para-hydroxylation sites is 1. The quantitative estimate of drug-likeness (QED) is 0.701. The van der Waals surface area contributed by atoms with Gasteiger partial charge in [-0.05, 0) is 43.3 Å². The van der Waals surface area contributed by atoms with Crippen molar-refractivity contribution in [3.8, 4) is 0 Å². The van der Waals surface area contributed by atoms with Crippen LogP contribution < -0.4 is 5.56 Å². The molecular formula is C20H19N3O4. The van der Waals surface area contributed by atoms with Gasteiger partial charge in [-0.3, -0.25) is 9.59 Å². The number of hydrogen-bond acceptors (Lipinski definition) is 5. The molecule has 0 unspecified atom stereocenters. The van der Waals surface area contributed by atoms with E-state index in [0.29, 0.717) is 34.4 Å². The molecule has 0 saturated carbocycles. The number of H-pyrrole nitrogens is 1. The Morgan fingerprint density at radius 3 is 2.41 bits per heavy atom. The van der Waals surface area contributed by atoms with Crippen LogP contribution in [0.5, 0.6) is 0 Å². The topological polar surface area (TPSA) is 92.4 Å². The first-order chi connectivity index (χ1) is 13.0. The summed E-state index contributed by atoms with van der Waals surface area (Å²) < 4.78 is 4.65. The molecule has 0 bridgehead atoms. The van der Waals surface area contributed by atoms with E-state index < -0.39 is 5.97 Å². The van der Waals surface area contributed by atoms with E-state index in [-0.39, 0.29) is 18.0 Å². The van der Waals surface area contributed by atoms with Gasteiger partial charge in [0.2, 0.25) is 0 Å². The average Bonchev–Trinajstić information content (AvgIpc) is 2.71. The van der Waals surface area contributed by atoms with Crippen LogP contribution in [-0.4, -0.2) is 40.4 Å². The molecule has 138 valence electrons. The molecule has 27 heavy (non-hydrogen) atoms. The van der Waals surface area contributed by atoms with Crippen LogP contribution in [0.1, 0.15) is 33.5 Å². The third-order valence-electron chi connectivity index (χ3n) is 4.22. The minimum atomic E-state index is -0.459. The summed E-state index contributed by atoms with van der Waals surface area (Å²) in [6.45, 7) is 2.46. The Bertz CT molecular complexity index is 1040. The second kappa shape index (κ2) is 7.82. The molecule has 0 radical (unpaired) electrons. The second-order valence-electron chi connectivity index (χ2n) is 5.92. The maximum atomic E-state index is 12.8. The van der Waals surface area contributed by atoms with Gasteiger partial charge >= 0.3 is 5.97 Å². The largest absolute Gasteiger partial charge is 0.465 e. The van der Waals surface area contributed by atoms with E-state index in [0.717, 1.165) is 0 Å². The van der Waals surface area contributed by atoms with Gasteiger partial charge in [-0.15, -0.1) is 0 Å². The van der Waals surface area contributed by atoms with Crippen molar-refractivity contribution in [2.75, 3.05) is 13.7 Å². The van der Waals surface area contributed by atoms with E-state index in [1.165, 1.54) is 7.11 Å². The predicted octanol–water partition coefficient (Wildman–Crippen LogP) is 2.37. The Kier molecular flexibility index (Phi) is 5.30. The van der Waals surface area contributed by atoms with Gasteiger partial charge in [0, 0.05) is 12.1 Å². The first-order valence-electron chi connectivity index (χ1n) is 8.49. The van der Waals surface area contributed by atoms with Gasteiger partial charge in [-0.25, -0.2) is 9.78 Å². The van der Waals surface area contributed by atoms with E-state index in [2.05, 4.69) is 14.7 Å². The maximum Gasteiger partial charge on any atom is 0.337 e. The average molecular weight is 365 g/mol. The number of methoxy groups -OCH3 is 1. The molecule has 7 nitrogen and oxygen atoms in total. The number of ether oxygens (including phenoxy) is 1. The van der Waals surface area contributed by atoms with Crippen molar-refractivity contribution >= 4 is 22.8 Å². The van der Waals surface area contributed by atoms with Crippen molar-refractivity contribution in [1.82, 2.24) is 14.9 Å². The van der Waals surface area contributed by atoms with Crippen LogP contribution in [0.2, 0.25) is 0 Å². The SMILES string of the molecule is CCN(Cc1nc2ccccc2c(=O)[nH]1)C(=O)c1ccc(C(=O)OC)cc1. The molecule has 7 heteroatoms. The number of fused-ring (bicyclic) bond motifs is 1. The summed E-state index contributed by atoms with van der Waals surface area (Å²) in [5, 5.41) is 0.508. The second-order valence-corrected chi connectivity index (χ2v) is 5.92. The fourth-order valence-corrected chi connectivity index (χ4v) is 2.77. The molecule has 0 fully saturated rings. The van der Waals surface area contributed by atoms with Crippen molar-refractivity contribution in [2.24, 2.45) is 0 Å². The normalized spacial score (nSPS) is 10.6. The molecule has 0 aliphatic heterocycles. The van der Waals surface area contributed by atoms with E-state index in [9.17, 15) is 14.4 Å². The van der Waals surface area contributed by atoms with Crippen LogP contribution in [0.25, 0.3) is 10.9 Å². The molecule has 0 saturated heterocycles. The molecule has 0 aliphatic carbocycles. The fraction of sp³-hybridized carbons (Fsp3) is 0.200. The van der Waals surface area contributed by atoms with Crippen LogP contribution in [0.3, 0.4) is 0 Å². The summed E-state index contributed by atoms with van der Waals surface area (Å²) in [4.78, 5) is 45.2. The van der Waals surface area contributed by atoms with Gasteiger partial charge in [0.05, 0.1) is 30.1 Å². The number of carbonyl (C=O) groups excluding carboxylic acids is 2. The Balaban J connectivity index is 1.83. The molecule has 1 N–H and O–H groups in total. The van der Waals surface area contributed by atoms with Gasteiger partial charge in [0.1, 0.15) is 5.82 Å². The number of nitrogens with zero attached hydrogens (tertiary/aromatic N) is 2. The van der Waals surface area contributed by atoms with Gasteiger partial charge in [-0.1, -0.05) is 12.1 Å². The summed E-state index contributed by atoms with van der Waals surface area (Å²) in [6, 6.07) is 13.3. The first kappa shape index (κ1) is 18.3. The third-order valence-corrected chi connectivity index (χ3v) is 4.22. The lowest BCUT2D eigenvalue weighted by atomic mass is 10.1. The Morgan fingerprint density at radius 2 is 1.74 bits per heavy atom. The summed E-state index contributed by atoms with van der Waals surface area (Å²) >= 11 is 0. The van der Waals surface area contributed by atoms with Crippen molar-refractivity contribution in [1.29, 1.82) is 0 Å². The highest BCUT2D eigenvalue weighted by Gasteiger charge is 2.17. The van der Waals surface area contributed by atoms with Crippen LogP contribution in [0.4, 0.5) is 0 Å². The highest BCUT2D eigenvalue weighted by molar-refractivity contribution is 5.96. The number of carbonyl (C=O) groups is 2. The monoisotopic (exact) mass is 365 g/mol. The van der Waals surface area contributed by atoms with Crippen LogP contribution in [0.15, 0.2) is 53.3 Å². The smallest absolute Gasteiger partial charge is 0.337 e. The van der Waals surface area contributed by atoms with E-state index in [1.54, 1.807) is 47.4 Å². The minimum absolute atomic E-state index is 0.175. The predicted molar refractivity (Wildman–Crippen MR) is 101 cm³/mol. The lowest BCUT2D eigenvalue weighted by Gasteiger charge is -2.20. The fourth-order valence-electron chi connectivity index (χ4n) is 2.77. The number of rotatable bonds is 5. The standard InChI is InChI=1S/C20H19N3O4/c1-3-23(19(25)13-8-10-14(11-9-13)20(26)27-2)12-17-21-16-7-5-4-6-15(16)18(24)22-17/h4-11H,3,12H2,1-2H3,(H,21,22,24). The molecule has 3 rings (SSSR count). The summed E-state index contributed by atoms with van der Waals surface area (Å²) in [5.41, 5.74) is 1.16. The molecule has 1 amide bonds. The Labute approximate surface area is 155 Å². The van der Waals surface area contributed by atoms with Crippen molar-refractivity contribution in [3.05, 3.63) is 75.8 Å². The lowest BCUT2D eigenvalue weighted by molar-refractivity contribution is 0.0599. The van der Waals surface area contributed by atoms with E-state index in [4.69, 9.17) is 0 Å².